The average Bonchev–Trinajstić information content (AvgIpc) is 2.82. The minimum Gasteiger partial charge on any atom is -0.308 e. The van der Waals surface area contributed by atoms with E-state index in [9.17, 15) is 9.18 Å². The Balaban J connectivity index is 1.79. The van der Waals surface area contributed by atoms with Crippen LogP contribution in [0.4, 0.5) is 10.1 Å². The Morgan fingerprint density at radius 2 is 1.77 bits per heavy atom. The van der Waals surface area contributed by atoms with Gasteiger partial charge >= 0.3 is 0 Å². The number of nitrogens with zero attached hydrogens (tertiary/aromatic N) is 3. The van der Waals surface area contributed by atoms with Crippen molar-refractivity contribution in [2.75, 3.05) is 11.4 Å². The predicted octanol–water partition coefficient (Wildman–Crippen LogP) is 2.79. The third-order valence-electron chi connectivity index (χ3n) is 3.20. The molecule has 0 unspecified atom stereocenters. The molecule has 110 valence electrons. The van der Waals surface area contributed by atoms with Crippen LogP contribution < -0.4 is 4.90 Å². The second kappa shape index (κ2) is 6.03. The highest BCUT2D eigenvalue weighted by Gasteiger charge is 2.33. The molecule has 1 aliphatic rings. The van der Waals surface area contributed by atoms with Crippen molar-refractivity contribution in [3.63, 3.8) is 0 Å². The molecule has 0 atom stereocenters. The van der Waals surface area contributed by atoms with Crippen LogP contribution in [-0.4, -0.2) is 28.8 Å². The minimum atomic E-state index is -0.319. The van der Waals surface area contributed by atoms with Crippen LogP contribution in [0, 0.1) is 5.82 Å². The van der Waals surface area contributed by atoms with Gasteiger partial charge in [0.25, 0.3) is 5.91 Å². The lowest BCUT2D eigenvalue weighted by Crippen LogP contribution is -2.29. The molecule has 1 fully saturated rings. The Kier molecular flexibility index (Phi) is 3.93. The highest BCUT2D eigenvalue weighted by Crippen LogP contribution is 2.21. The molecule has 2 aromatic carbocycles. The van der Waals surface area contributed by atoms with Crippen molar-refractivity contribution >= 4 is 35.1 Å². The Hall–Kier alpha value is -2.60. The summed E-state index contributed by atoms with van der Waals surface area (Å²) >= 11 is 5.31. The van der Waals surface area contributed by atoms with Crippen LogP contribution in [0.25, 0.3) is 0 Å². The fourth-order valence-electron chi connectivity index (χ4n) is 2.09. The summed E-state index contributed by atoms with van der Waals surface area (Å²) in [5, 5.41) is 5.63. The van der Waals surface area contributed by atoms with Gasteiger partial charge in [-0.25, -0.2) is 4.39 Å². The normalized spacial score (nSPS) is 15.1. The molecule has 22 heavy (non-hydrogen) atoms. The maximum absolute atomic E-state index is 12.9. The lowest BCUT2D eigenvalue weighted by molar-refractivity contribution is -0.124. The molecule has 0 bridgehead atoms. The Labute approximate surface area is 132 Å². The van der Waals surface area contributed by atoms with Crippen molar-refractivity contribution in [3.8, 4) is 0 Å². The van der Waals surface area contributed by atoms with Crippen molar-refractivity contribution in [2.24, 2.45) is 5.10 Å². The van der Waals surface area contributed by atoms with Crippen molar-refractivity contribution in [1.82, 2.24) is 5.01 Å². The monoisotopic (exact) mass is 313 g/mol. The van der Waals surface area contributed by atoms with E-state index in [4.69, 9.17) is 12.2 Å². The van der Waals surface area contributed by atoms with Gasteiger partial charge in [-0.15, -0.1) is 0 Å². The number of carbonyl (C=O) groups is 1. The largest absolute Gasteiger partial charge is 0.308 e. The van der Waals surface area contributed by atoms with E-state index in [1.54, 1.807) is 17.0 Å². The minimum absolute atomic E-state index is 0.156. The number of rotatable bonds is 3. The summed E-state index contributed by atoms with van der Waals surface area (Å²) in [6.07, 6.45) is 1.48. The molecule has 1 saturated heterocycles. The summed E-state index contributed by atoms with van der Waals surface area (Å²) in [5.74, 6) is -0.521. The lowest BCUT2D eigenvalue weighted by Gasteiger charge is -2.17. The van der Waals surface area contributed by atoms with Crippen LogP contribution in [0.3, 0.4) is 0 Å². The van der Waals surface area contributed by atoms with Gasteiger partial charge in [-0.1, -0.05) is 30.3 Å². The molecule has 0 radical (unpaired) electrons. The van der Waals surface area contributed by atoms with E-state index in [1.807, 2.05) is 30.3 Å². The first kappa shape index (κ1) is 14.3. The van der Waals surface area contributed by atoms with Gasteiger partial charge in [0.1, 0.15) is 12.4 Å². The van der Waals surface area contributed by atoms with Crippen LogP contribution in [-0.2, 0) is 4.79 Å². The van der Waals surface area contributed by atoms with Crippen LogP contribution in [0.1, 0.15) is 5.56 Å². The Morgan fingerprint density at radius 1 is 1.09 bits per heavy atom. The van der Waals surface area contributed by atoms with Gasteiger partial charge in [-0.2, -0.15) is 10.1 Å². The van der Waals surface area contributed by atoms with E-state index >= 15 is 0 Å². The fourth-order valence-corrected chi connectivity index (χ4v) is 2.41. The summed E-state index contributed by atoms with van der Waals surface area (Å²) in [5.41, 5.74) is 1.54. The van der Waals surface area contributed by atoms with Gasteiger partial charge < -0.3 is 4.90 Å². The highest BCUT2D eigenvalue weighted by atomic mass is 32.1. The SMILES string of the molecule is O=C1CN(c2ccccc2)C(=S)N1/N=C/c1ccc(F)cc1. The van der Waals surface area contributed by atoms with E-state index in [0.29, 0.717) is 10.7 Å². The number of anilines is 1. The van der Waals surface area contributed by atoms with Crippen molar-refractivity contribution < 1.29 is 9.18 Å². The van der Waals surface area contributed by atoms with E-state index in [2.05, 4.69) is 5.10 Å². The molecule has 1 heterocycles. The third-order valence-corrected chi connectivity index (χ3v) is 3.60. The van der Waals surface area contributed by atoms with E-state index in [0.717, 1.165) is 5.69 Å². The molecule has 6 heteroatoms. The van der Waals surface area contributed by atoms with E-state index < -0.39 is 0 Å². The molecule has 3 rings (SSSR count). The smallest absolute Gasteiger partial charge is 0.269 e. The number of hydrogen-bond donors (Lipinski definition) is 0. The molecule has 1 aliphatic heterocycles. The number of thiocarbonyl (C=S) groups is 1. The van der Waals surface area contributed by atoms with Crippen LogP contribution >= 0.6 is 12.2 Å². The number of amides is 1. The van der Waals surface area contributed by atoms with E-state index in [-0.39, 0.29) is 18.3 Å². The molecule has 0 spiro atoms. The molecule has 0 saturated carbocycles. The van der Waals surface area contributed by atoms with Crippen LogP contribution in [0.5, 0.6) is 0 Å². The van der Waals surface area contributed by atoms with Crippen LogP contribution in [0.15, 0.2) is 59.7 Å². The quantitative estimate of drug-likeness (QED) is 0.646. The summed E-state index contributed by atoms with van der Waals surface area (Å²) in [6, 6.07) is 15.3. The molecular weight excluding hydrogens is 301 g/mol. The summed E-state index contributed by atoms with van der Waals surface area (Å²) in [4.78, 5) is 13.8. The number of carbonyl (C=O) groups excluding carboxylic acids is 1. The van der Waals surface area contributed by atoms with Gasteiger partial charge in [-0.3, -0.25) is 4.79 Å². The zero-order valence-electron chi connectivity index (χ0n) is 11.5. The zero-order valence-corrected chi connectivity index (χ0v) is 12.3. The van der Waals surface area contributed by atoms with Crippen molar-refractivity contribution in [3.05, 3.63) is 66.0 Å². The topological polar surface area (TPSA) is 35.9 Å². The summed E-state index contributed by atoms with van der Waals surface area (Å²) in [7, 11) is 0. The Morgan fingerprint density at radius 3 is 2.45 bits per heavy atom. The molecule has 0 N–H and O–H groups in total. The second-order valence-electron chi connectivity index (χ2n) is 4.71. The molecule has 1 amide bonds. The maximum Gasteiger partial charge on any atom is 0.269 e. The lowest BCUT2D eigenvalue weighted by atomic mass is 10.2. The number of hydrogen-bond acceptors (Lipinski definition) is 3. The first-order valence-corrected chi connectivity index (χ1v) is 7.05. The van der Waals surface area contributed by atoms with Gasteiger partial charge in [0.2, 0.25) is 5.11 Å². The van der Waals surface area contributed by atoms with Crippen molar-refractivity contribution in [2.45, 2.75) is 0 Å². The third kappa shape index (κ3) is 2.87. The predicted molar refractivity (Wildman–Crippen MR) is 87.2 cm³/mol. The second-order valence-corrected chi connectivity index (χ2v) is 5.07. The number of benzene rings is 2. The Bertz CT molecular complexity index is 731. The first-order chi connectivity index (χ1) is 10.6. The molecule has 0 aliphatic carbocycles. The number of halogens is 1. The number of para-hydroxylation sites is 1. The van der Waals surface area contributed by atoms with Crippen LogP contribution in [0.2, 0.25) is 0 Å². The average molecular weight is 313 g/mol. The van der Waals surface area contributed by atoms with Gasteiger partial charge in [-0.05, 0) is 42.0 Å². The first-order valence-electron chi connectivity index (χ1n) is 6.64. The fraction of sp³-hybridized carbons (Fsp3) is 0.0625. The van der Waals surface area contributed by atoms with Gasteiger partial charge in [0.15, 0.2) is 0 Å². The maximum atomic E-state index is 12.9. The standard InChI is InChI=1S/C16H12FN3OS/c17-13-8-6-12(7-9-13)10-18-20-15(21)11-19(16(20)22)14-4-2-1-3-5-14/h1-10H,11H2/b18-10+. The molecule has 4 nitrogen and oxygen atoms in total. The van der Waals surface area contributed by atoms with Gasteiger partial charge in [0.05, 0.1) is 6.21 Å². The number of hydrazone groups is 1. The molecular formula is C16H12FN3OS. The zero-order chi connectivity index (χ0) is 15.5. The van der Waals surface area contributed by atoms with E-state index in [1.165, 1.54) is 23.4 Å². The summed E-state index contributed by atoms with van der Waals surface area (Å²) < 4.78 is 12.9. The van der Waals surface area contributed by atoms with Crippen molar-refractivity contribution in [1.29, 1.82) is 0 Å². The summed E-state index contributed by atoms with van der Waals surface area (Å²) in [6.45, 7) is 0.156. The molecule has 2 aromatic rings. The molecule has 0 aromatic heterocycles. The highest BCUT2D eigenvalue weighted by molar-refractivity contribution is 7.80. The van der Waals surface area contributed by atoms with Gasteiger partial charge in [0, 0.05) is 5.69 Å².